The molecular weight excluding hydrogens is 254 g/mol. The molecule has 0 bridgehead atoms. The molecule has 0 aliphatic heterocycles. The molecule has 0 aromatic carbocycles. The van der Waals surface area contributed by atoms with Gasteiger partial charge in [-0.2, -0.15) is 0 Å². The van der Waals surface area contributed by atoms with Gasteiger partial charge < -0.3 is 9.47 Å². The van der Waals surface area contributed by atoms with E-state index in [4.69, 9.17) is 9.47 Å². The maximum absolute atomic E-state index is 12.6. The Bertz CT molecular complexity index is 346. The highest BCUT2D eigenvalue weighted by atomic mass is 16.5. The Labute approximate surface area is 121 Å². The largest absolute Gasteiger partial charge is 0.465 e. The van der Waals surface area contributed by atoms with Crippen molar-refractivity contribution in [1.82, 2.24) is 5.32 Å². The molecule has 0 aromatic rings. The lowest BCUT2D eigenvalue weighted by Gasteiger charge is -2.33. The number of rotatable bonds is 8. The summed E-state index contributed by atoms with van der Waals surface area (Å²) in [4.78, 5) is 12.6. The van der Waals surface area contributed by atoms with Gasteiger partial charge >= 0.3 is 5.97 Å². The summed E-state index contributed by atoms with van der Waals surface area (Å²) in [6.45, 7) is 2.82. The van der Waals surface area contributed by atoms with Crippen LogP contribution in [0.15, 0.2) is 0 Å². The molecule has 0 spiro atoms. The lowest BCUT2D eigenvalue weighted by molar-refractivity contribution is -0.157. The van der Waals surface area contributed by atoms with Crippen LogP contribution in [0.1, 0.15) is 58.3 Å². The summed E-state index contributed by atoms with van der Waals surface area (Å²) < 4.78 is 11.5. The van der Waals surface area contributed by atoms with Crippen LogP contribution >= 0.6 is 0 Å². The van der Waals surface area contributed by atoms with Gasteiger partial charge in [-0.25, -0.2) is 4.79 Å². The molecule has 114 valence electrons. The zero-order valence-corrected chi connectivity index (χ0v) is 12.5. The molecule has 0 heterocycles. The van der Waals surface area contributed by atoms with Crippen molar-refractivity contribution in [3.63, 3.8) is 0 Å². The molecule has 1 atom stereocenters. The Balaban J connectivity index is 1.67. The second kappa shape index (κ2) is 6.02. The molecule has 0 aromatic heterocycles. The standard InChI is InChI=1S/C16H27NO3/c1-2-19-15(18)16(12-7-8-12,17-13-9-10-13)11-20-14-5-3-4-6-14/h12-14,17H,2-11H2,1H3. The van der Waals surface area contributed by atoms with E-state index >= 15 is 0 Å². The van der Waals surface area contributed by atoms with E-state index in [0.29, 0.717) is 31.3 Å². The molecule has 20 heavy (non-hydrogen) atoms. The zero-order chi connectivity index (χ0) is 14.0. The average Bonchev–Trinajstić information content (AvgIpc) is 3.35. The van der Waals surface area contributed by atoms with Gasteiger partial charge in [0, 0.05) is 6.04 Å². The molecule has 0 saturated heterocycles. The minimum atomic E-state index is -0.570. The van der Waals surface area contributed by atoms with E-state index in [9.17, 15) is 4.79 Å². The normalized spacial score (nSPS) is 26.4. The van der Waals surface area contributed by atoms with Gasteiger partial charge in [-0.3, -0.25) is 5.32 Å². The van der Waals surface area contributed by atoms with Crippen LogP contribution in [0, 0.1) is 5.92 Å². The predicted octanol–water partition coefficient (Wildman–Crippen LogP) is 2.41. The molecule has 3 fully saturated rings. The van der Waals surface area contributed by atoms with Crippen molar-refractivity contribution in [3.05, 3.63) is 0 Å². The van der Waals surface area contributed by atoms with E-state index in [0.717, 1.165) is 25.7 Å². The number of ether oxygens (including phenoxy) is 2. The zero-order valence-electron chi connectivity index (χ0n) is 12.5. The van der Waals surface area contributed by atoms with E-state index in [2.05, 4.69) is 5.32 Å². The molecule has 3 saturated carbocycles. The third kappa shape index (κ3) is 3.17. The predicted molar refractivity (Wildman–Crippen MR) is 76.5 cm³/mol. The molecule has 0 amide bonds. The maximum atomic E-state index is 12.6. The van der Waals surface area contributed by atoms with Gasteiger partial charge in [-0.1, -0.05) is 12.8 Å². The van der Waals surface area contributed by atoms with Gasteiger partial charge in [-0.05, 0) is 51.4 Å². The van der Waals surface area contributed by atoms with Crippen molar-refractivity contribution >= 4 is 5.97 Å². The van der Waals surface area contributed by atoms with Crippen LogP contribution in [0.25, 0.3) is 0 Å². The van der Waals surface area contributed by atoms with E-state index < -0.39 is 5.54 Å². The van der Waals surface area contributed by atoms with E-state index in [1.165, 1.54) is 25.7 Å². The first kappa shape index (κ1) is 14.3. The fourth-order valence-electron chi connectivity index (χ4n) is 3.29. The summed E-state index contributed by atoms with van der Waals surface area (Å²) in [6.07, 6.45) is 9.75. The molecule has 4 nitrogen and oxygen atoms in total. The summed E-state index contributed by atoms with van der Waals surface area (Å²) in [7, 11) is 0. The summed E-state index contributed by atoms with van der Waals surface area (Å²) in [5.41, 5.74) is -0.570. The molecule has 4 heteroatoms. The number of hydrogen-bond acceptors (Lipinski definition) is 4. The number of nitrogens with one attached hydrogen (secondary N) is 1. The fraction of sp³-hybridized carbons (Fsp3) is 0.938. The summed E-state index contributed by atoms with van der Waals surface area (Å²) in [5, 5.41) is 3.58. The molecular formula is C16H27NO3. The summed E-state index contributed by atoms with van der Waals surface area (Å²) in [5.74, 6) is 0.316. The first-order valence-electron chi connectivity index (χ1n) is 8.31. The van der Waals surface area contributed by atoms with Gasteiger partial charge in [0.25, 0.3) is 0 Å². The van der Waals surface area contributed by atoms with Crippen molar-refractivity contribution in [1.29, 1.82) is 0 Å². The Hall–Kier alpha value is -0.610. The van der Waals surface area contributed by atoms with Crippen LogP contribution in [0.2, 0.25) is 0 Å². The van der Waals surface area contributed by atoms with Crippen LogP contribution in [-0.4, -0.2) is 36.9 Å². The first-order chi connectivity index (χ1) is 9.74. The Morgan fingerprint density at radius 2 is 1.85 bits per heavy atom. The lowest BCUT2D eigenvalue weighted by atomic mass is 9.93. The monoisotopic (exact) mass is 281 g/mol. The van der Waals surface area contributed by atoms with Crippen molar-refractivity contribution < 1.29 is 14.3 Å². The Morgan fingerprint density at radius 1 is 1.15 bits per heavy atom. The topological polar surface area (TPSA) is 47.6 Å². The van der Waals surface area contributed by atoms with Crippen molar-refractivity contribution in [2.24, 2.45) is 5.92 Å². The number of carbonyl (C=O) groups is 1. The number of esters is 1. The molecule has 3 aliphatic carbocycles. The third-order valence-corrected chi connectivity index (χ3v) is 4.80. The molecule has 1 N–H and O–H groups in total. The van der Waals surface area contributed by atoms with Crippen LogP contribution in [0.5, 0.6) is 0 Å². The average molecular weight is 281 g/mol. The second-order valence-corrected chi connectivity index (χ2v) is 6.60. The van der Waals surface area contributed by atoms with E-state index in [-0.39, 0.29) is 5.97 Å². The number of hydrogen-bond donors (Lipinski definition) is 1. The van der Waals surface area contributed by atoms with Gasteiger partial charge in [0.15, 0.2) is 0 Å². The van der Waals surface area contributed by atoms with Crippen LogP contribution in [-0.2, 0) is 14.3 Å². The molecule has 3 rings (SSSR count). The van der Waals surface area contributed by atoms with Gasteiger partial charge in [0.1, 0.15) is 5.54 Å². The van der Waals surface area contributed by atoms with Gasteiger partial charge in [-0.15, -0.1) is 0 Å². The quantitative estimate of drug-likeness (QED) is 0.694. The Morgan fingerprint density at radius 3 is 2.40 bits per heavy atom. The van der Waals surface area contributed by atoms with Crippen LogP contribution < -0.4 is 5.32 Å². The smallest absolute Gasteiger partial charge is 0.329 e. The highest BCUT2D eigenvalue weighted by Crippen LogP contribution is 2.43. The van der Waals surface area contributed by atoms with Gasteiger partial charge in [0.05, 0.1) is 19.3 Å². The Kier molecular flexibility index (Phi) is 4.32. The third-order valence-electron chi connectivity index (χ3n) is 4.80. The van der Waals surface area contributed by atoms with Crippen LogP contribution in [0.3, 0.4) is 0 Å². The fourth-order valence-corrected chi connectivity index (χ4v) is 3.29. The SMILES string of the molecule is CCOC(=O)C(COC1CCCC1)(NC1CC1)C1CC1. The highest BCUT2D eigenvalue weighted by Gasteiger charge is 2.54. The van der Waals surface area contributed by atoms with E-state index in [1.807, 2.05) is 6.92 Å². The van der Waals surface area contributed by atoms with Gasteiger partial charge in [0.2, 0.25) is 0 Å². The minimum Gasteiger partial charge on any atom is -0.465 e. The van der Waals surface area contributed by atoms with Crippen molar-refractivity contribution in [2.45, 2.75) is 76.0 Å². The van der Waals surface area contributed by atoms with E-state index in [1.54, 1.807) is 0 Å². The lowest BCUT2D eigenvalue weighted by Crippen LogP contribution is -2.59. The molecule has 1 unspecified atom stereocenters. The van der Waals surface area contributed by atoms with Crippen LogP contribution in [0.4, 0.5) is 0 Å². The number of carbonyl (C=O) groups excluding carboxylic acids is 1. The highest BCUT2D eigenvalue weighted by molar-refractivity contribution is 5.82. The maximum Gasteiger partial charge on any atom is 0.329 e. The second-order valence-electron chi connectivity index (χ2n) is 6.60. The molecule has 3 aliphatic rings. The summed E-state index contributed by atoms with van der Waals surface area (Å²) in [6, 6.07) is 0.493. The first-order valence-corrected chi connectivity index (χ1v) is 8.31. The minimum absolute atomic E-state index is 0.0904. The van der Waals surface area contributed by atoms with Crippen molar-refractivity contribution in [3.8, 4) is 0 Å². The van der Waals surface area contributed by atoms with Crippen molar-refractivity contribution in [2.75, 3.05) is 13.2 Å². The molecule has 0 radical (unpaired) electrons. The summed E-state index contributed by atoms with van der Waals surface area (Å²) >= 11 is 0.